The third kappa shape index (κ3) is 11.1. The summed E-state index contributed by atoms with van der Waals surface area (Å²) in [5.41, 5.74) is 3.12. The van der Waals surface area contributed by atoms with Crippen LogP contribution in [0.2, 0.25) is 0 Å². The summed E-state index contributed by atoms with van der Waals surface area (Å²) < 4.78 is 12.6. The Morgan fingerprint density at radius 2 is 0.925 bits per heavy atom. The van der Waals surface area contributed by atoms with E-state index < -0.39 is 0 Å². The van der Waals surface area contributed by atoms with Gasteiger partial charge in [-0.1, -0.05) is 65.2 Å². The Labute approximate surface area is 239 Å². The molecule has 0 atom stereocenters. The molecule has 6 heteroatoms. The third-order valence-electron chi connectivity index (χ3n) is 6.56. The van der Waals surface area contributed by atoms with Crippen molar-refractivity contribution in [3.8, 4) is 23.0 Å². The molecule has 40 heavy (non-hydrogen) atoms. The van der Waals surface area contributed by atoms with E-state index in [0.717, 1.165) is 59.7 Å². The van der Waals surface area contributed by atoms with E-state index in [1.54, 1.807) is 61.0 Å². The zero-order valence-corrected chi connectivity index (χ0v) is 24.0. The lowest BCUT2D eigenvalue weighted by molar-refractivity contribution is 0.296. The van der Waals surface area contributed by atoms with Crippen molar-refractivity contribution in [3.05, 3.63) is 71.8 Å². The predicted octanol–water partition coefficient (Wildman–Crippen LogP) is 9.30. The number of benzene rings is 3. The van der Waals surface area contributed by atoms with Gasteiger partial charge in [0.1, 0.15) is 23.0 Å². The van der Waals surface area contributed by atoms with E-state index in [-0.39, 0.29) is 11.5 Å². The maximum Gasteiger partial charge on any atom is 0.128 e. The van der Waals surface area contributed by atoms with Gasteiger partial charge in [0, 0.05) is 23.6 Å². The van der Waals surface area contributed by atoms with E-state index in [2.05, 4.69) is 23.8 Å². The summed E-state index contributed by atoms with van der Waals surface area (Å²) in [5, 5.41) is 19.2. The zero-order valence-electron chi connectivity index (χ0n) is 24.0. The number of hydrogen-bond acceptors (Lipinski definition) is 6. The number of phenols is 2. The Kier molecular flexibility index (Phi) is 13.6. The maximum absolute atomic E-state index is 9.61. The van der Waals surface area contributed by atoms with Gasteiger partial charge in [-0.05, 0) is 73.5 Å². The van der Waals surface area contributed by atoms with Crippen LogP contribution in [0.25, 0.3) is 0 Å². The van der Waals surface area contributed by atoms with Crippen LogP contribution in [0.3, 0.4) is 0 Å². The average Bonchev–Trinajstić information content (AvgIpc) is 2.97. The lowest BCUT2D eigenvalue weighted by atomic mass is 10.1. The Morgan fingerprint density at radius 3 is 1.30 bits per heavy atom. The van der Waals surface area contributed by atoms with Crippen molar-refractivity contribution in [2.75, 3.05) is 13.2 Å². The molecule has 3 aromatic carbocycles. The summed E-state index contributed by atoms with van der Waals surface area (Å²) in [6.45, 7) is 5.67. The Balaban J connectivity index is 1.87. The second kappa shape index (κ2) is 17.7. The molecular weight excluding hydrogens is 500 g/mol. The summed E-state index contributed by atoms with van der Waals surface area (Å²) >= 11 is 0. The average molecular weight is 545 g/mol. The van der Waals surface area contributed by atoms with Gasteiger partial charge < -0.3 is 19.7 Å². The SMILES string of the molecule is CCCCCCCOc1cc(C=Nc2ccc(O)cc2)c(OCCCCCCC)cc1C=Nc1ccc(O)cc1. The summed E-state index contributed by atoms with van der Waals surface area (Å²) in [5.74, 6) is 1.86. The van der Waals surface area contributed by atoms with Crippen LogP contribution < -0.4 is 9.47 Å². The highest BCUT2D eigenvalue weighted by Gasteiger charge is 2.11. The molecule has 0 saturated carbocycles. The van der Waals surface area contributed by atoms with E-state index in [1.807, 2.05) is 12.1 Å². The van der Waals surface area contributed by atoms with E-state index >= 15 is 0 Å². The van der Waals surface area contributed by atoms with Gasteiger partial charge in [-0.3, -0.25) is 9.98 Å². The molecule has 0 heterocycles. The molecule has 0 saturated heterocycles. The van der Waals surface area contributed by atoms with Gasteiger partial charge in [0.2, 0.25) is 0 Å². The minimum atomic E-state index is 0.206. The topological polar surface area (TPSA) is 83.6 Å². The predicted molar refractivity (Wildman–Crippen MR) is 166 cm³/mol. The van der Waals surface area contributed by atoms with Crippen LogP contribution in [0.5, 0.6) is 23.0 Å². The second-order valence-corrected chi connectivity index (χ2v) is 10.0. The van der Waals surface area contributed by atoms with E-state index in [0.29, 0.717) is 13.2 Å². The van der Waals surface area contributed by atoms with Crippen molar-refractivity contribution < 1.29 is 19.7 Å². The second-order valence-electron chi connectivity index (χ2n) is 10.0. The smallest absolute Gasteiger partial charge is 0.128 e. The first-order valence-electron chi connectivity index (χ1n) is 14.7. The number of nitrogens with zero attached hydrogens (tertiary/aromatic N) is 2. The fourth-order valence-electron chi connectivity index (χ4n) is 4.18. The number of phenolic OH excluding ortho intramolecular Hbond substituents is 2. The highest BCUT2D eigenvalue weighted by atomic mass is 16.5. The van der Waals surface area contributed by atoms with E-state index in [9.17, 15) is 10.2 Å². The number of ether oxygens (including phenoxy) is 2. The molecule has 0 aliphatic rings. The first-order chi connectivity index (χ1) is 19.6. The number of aromatic hydroxyl groups is 2. The molecule has 0 unspecified atom stereocenters. The lowest BCUT2D eigenvalue weighted by Gasteiger charge is -2.15. The van der Waals surface area contributed by atoms with Crippen LogP contribution in [-0.2, 0) is 0 Å². The summed E-state index contributed by atoms with van der Waals surface area (Å²) in [4.78, 5) is 9.24. The van der Waals surface area contributed by atoms with Crippen molar-refractivity contribution in [3.63, 3.8) is 0 Å². The highest BCUT2D eigenvalue weighted by molar-refractivity contribution is 5.92. The fourth-order valence-corrected chi connectivity index (χ4v) is 4.18. The molecule has 2 N–H and O–H groups in total. The molecule has 0 bridgehead atoms. The van der Waals surface area contributed by atoms with Crippen molar-refractivity contribution in [1.82, 2.24) is 0 Å². The molecule has 0 amide bonds. The quantitative estimate of drug-likeness (QED) is 0.123. The minimum Gasteiger partial charge on any atom is -0.508 e. The number of unbranched alkanes of at least 4 members (excludes halogenated alkanes) is 8. The van der Waals surface area contributed by atoms with Gasteiger partial charge in [0.25, 0.3) is 0 Å². The monoisotopic (exact) mass is 544 g/mol. The van der Waals surface area contributed by atoms with Gasteiger partial charge in [-0.25, -0.2) is 0 Å². The van der Waals surface area contributed by atoms with Crippen LogP contribution in [0, 0.1) is 0 Å². The maximum atomic E-state index is 9.61. The van der Waals surface area contributed by atoms with E-state index in [1.165, 1.54) is 38.5 Å². The summed E-state index contributed by atoms with van der Waals surface area (Å²) in [6, 6.07) is 17.5. The summed E-state index contributed by atoms with van der Waals surface area (Å²) in [6.07, 6.45) is 15.2. The fraction of sp³-hybridized carbons (Fsp3) is 0.412. The molecule has 214 valence electrons. The molecule has 0 aliphatic heterocycles. The van der Waals surface area contributed by atoms with Crippen molar-refractivity contribution in [2.24, 2.45) is 9.98 Å². The van der Waals surface area contributed by atoms with Crippen LogP contribution in [-0.4, -0.2) is 35.9 Å². The van der Waals surface area contributed by atoms with Crippen molar-refractivity contribution in [1.29, 1.82) is 0 Å². The van der Waals surface area contributed by atoms with Gasteiger partial charge >= 0.3 is 0 Å². The van der Waals surface area contributed by atoms with Crippen LogP contribution in [0.1, 0.15) is 89.2 Å². The standard InChI is InChI=1S/C34H44N2O4/c1-3-5-7-9-11-21-39-33-23-28(26-36-30-15-19-32(38)20-16-30)34(40-22-12-10-8-6-4-2)24-27(33)25-35-29-13-17-31(37)18-14-29/h13-20,23-26,37-38H,3-12,21-22H2,1-2H3. The molecule has 0 aliphatic carbocycles. The van der Waals surface area contributed by atoms with E-state index in [4.69, 9.17) is 9.47 Å². The van der Waals surface area contributed by atoms with Gasteiger partial charge in [0.15, 0.2) is 0 Å². The molecule has 6 nitrogen and oxygen atoms in total. The Hall–Kier alpha value is -3.80. The molecule has 0 spiro atoms. The van der Waals surface area contributed by atoms with Gasteiger partial charge in [-0.15, -0.1) is 0 Å². The van der Waals surface area contributed by atoms with Crippen LogP contribution in [0.4, 0.5) is 11.4 Å². The molecule has 0 fully saturated rings. The Bertz CT molecular complexity index is 1090. The molecule has 0 aromatic heterocycles. The normalized spacial score (nSPS) is 11.4. The zero-order chi connectivity index (χ0) is 28.4. The number of aliphatic imine (C=N–C) groups is 2. The molecule has 0 radical (unpaired) electrons. The number of hydrogen-bond donors (Lipinski definition) is 2. The van der Waals surface area contributed by atoms with Crippen LogP contribution in [0.15, 0.2) is 70.6 Å². The number of rotatable bonds is 18. The molecule has 3 aromatic rings. The van der Waals surface area contributed by atoms with Crippen molar-refractivity contribution >= 4 is 23.8 Å². The first-order valence-corrected chi connectivity index (χ1v) is 14.7. The lowest BCUT2D eigenvalue weighted by Crippen LogP contribution is -2.05. The third-order valence-corrected chi connectivity index (χ3v) is 6.56. The van der Waals surface area contributed by atoms with Gasteiger partial charge in [-0.2, -0.15) is 0 Å². The van der Waals surface area contributed by atoms with Gasteiger partial charge in [0.05, 0.1) is 24.6 Å². The largest absolute Gasteiger partial charge is 0.508 e. The van der Waals surface area contributed by atoms with Crippen LogP contribution >= 0.6 is 0 Å². The van der Waals surface area contributed by atoms with Crippen molar-refractivity contribution in [2.45, 2.75) is 78.1 Å². The summed E-state index contributed by atoms with van der Waals surface area (Å²) in [7, 11) is 0. The first kappa shape index (κ1) is 30.7. The highest BCUT2D eigenvalue weighted by Crippen LogP contribution is 2.30. The molecule has 3 rings (SSSR count). The Morgan fingerprint density at radius 1 is 0.550 bits per heavy atom. The minimum absolute atomic E-state index is 0.206. The molecular formula is C34H44N2O4.